The smallest absolute Gasteiger partial charge is 0.370 e. The maximum absolute atomic E-state index is 11.7. The van der Waals surface area contributed by atoms with Crippen LogP contribution in [0, 0.1) is 5.92 Å². The van der Waals surface area contributed by atoms with Gasteiger partial charge in [-0.1, -0.05) is 13.8 Å². The van der Waals surface area contributed by atoms with E-state index in [0.717, 1.165) is 0 Å². The number of hydrogen-bond donors (Lipinski definition) is 2. The molecule has 4 nitrogen and oxygen atoms in total. The zero-order chi connectivity index (χ0) is 13.5. The predicted octanol–water partition coefficient (Wildman–Crippen LogP) is 1.05. The third-order valence-electron chi connectivity index (χ3n) is 2.11. The number of halogens is 3. The monoisotopic (exact) mass is 256 g/mol. The van der Waals surface area contributed by atoms with Crippen LogP contribution < -0.4 is 11.1 Å². The first-order valence-corrected chi connectivity index (χ1v) is 5.39. The topological polar surface area (TPSA) is 64.4 Å². The summed E-state index contributed by atoms with van der Waals surface area (Å²) in [6.45, 7) is 2.38. The third kappa shape index (κ3) is 10.1. The Balaban J connectivity index is 3.52. The molecule has 0 saturated heterocycles. The molecule has 17 heavy (non-hydrogen) atoms. The van der Waals surface area contributed by atoms with Crippen molar-refractivity contribution in [1.29, 1.82) is 0 Å². The zero-order valence-electron chi connectivity index (χ0n) is 10.0. The van der Waals surface area contributed by atoms with Gasteiger partial charge in [0.2, 0.25) is 5.91 Å². The number of alkyl halides is 3. The van der Waals surface area contributed by atoms with Crippen molar-refractivity contribution in [2.24, 2.45) is 11.7 Å². The van der Waals surface area contributed by atoms with Gasteiger partial charge in [0.05, 0.1) is 6.61 Å². The van der Waals surface area contributed by atoms with Crippen LogP contribution in [0.25, 0.3) is 0 Å². The van der Waals surface area contributed by atoms with Crippen molar-refractivity contribution in [3.8, 4) is 0 Å². The number of nitrogens with one attached hydrogen (secondary N) is 1. The summed E-state index contributed by atoms with van der Waals surface area (Å²) >= 11 is 0. The number of carbonyl (C=O) groups is 1. The molecule has 7 heteroatoms. The normalized spacial score (nSPS) is 13.8. The Kier molecular flexibility index (Phi) is 7.13. The molecule has 0 heterocycles. The molecule has 0 spiro atoms. The van der Waals surface area contributed by atoms with Gasteiger partial charge in [-0.2, -0.15) is 13.2 Å². The van der Waals surface area contributed by atoms with Gasteiger partial charge in [0.15, 0.2) is 0 Å². The second-order valence-corrected chi connectivity index (χ2v) is 4.13. The standard InChI is InChI=1S/C10H19F3N2O2/c1-7(2)8(14)5-9(16)15-3-4-17-6-10(11,12)13/h7-8H,3-6,14H2,1-2H3,(H,15,16). The maximum Gasteiger partial charge on any atom is 0.411 e. The van der Waals surface area contributed by atoms with Crippen LogP contribution in [-0.4, -0.2) is 37.9 Å². The third-order valence-corrected chi connectivity index (χ3v) is 2.11. The summed E-state index contributed by atoms with van der Waals surface area (Å²) in [7, 11) is 0. The summed E-state index contributed by atoms with van der Waals surface area (Å²) < 4.78 is 39.4. The molecule has 0 aromatic carbocycles. The molecule has 0 saturated carbocycles. The number of nitrogens with two attached hydrogens (primary N) is 1. The fourth-order valence-corrected chi connectivity index (χ4v) is 0.972. The van der Waals surface area contributed by atoms with Crippen LogP contribution in [0.1, 0.15) is 20.3 Å². The molecule has 0 aromatic heterocycles. The van der Waals surface area contributed by atoms with Crippen molar-refractivity contribution >= 4 is 5.91 Å². The number of rotatable bonds is 7. The molecule has 3 N–H and O–H groups in total. The van der Waals surface area contributed by atoms with E-state index in [9.17, 15) is 18.0 Å². The lowest BCUT2D eigenvalue weighted by Crippen LogP contribution is -2.36. The summed E-state index contributed by atoms with van der Waals surface area (Å²) in [5.41, 5.74) is 5.66. The summed E-state index contributed by atoms with van der Waals surface area (Å²) in [5.74, 6) is -0.0935. The molecule has 0 radical (unpaired) electrons. The predicted molar refractivity (Wildman–Crippen MR) is 57.3 cm³/mol. The zero-order valence-corrected chi connectivity index (χ0v) is 10.0. The lowest BCUT2D eigenvalue weighted by Gasteiger charge is -2.15. The van der Waals surface area contributed by atoms with Crippen molar-refractivity contribution in [2.75, 3.05) is 19.8 Å². The molecular formula is C10H19F3N2O2. The van der Waals surface area contributed by atoms with Crippen LogP contribution in [-0.2, 0) is 9.53 Å². The molecule has 0 bridgehead atoms. The minimum atomic E-state index is -4.33. The van der Waals surface area contributed by atoms with Gasteiger partial charge in [-0.3, -0.25) is 4.79 Å². The van der Waals surface area contributed by atoms with Crippen LogP contribution in [0.2, 0.25) is 0 Å². The Morgan fingerprint density at radius 1 is 1.41 bits per heavy atom. The maximum atomic E-state index is 11.7. The van der Waals surface area contributed by atoms with E-state index < -0.39 is 12.8 Å². The summed E-state index contributed by atoms with van der Waals surface area (Å²) in [6, 6.07) is -0.244. The highest BCUT2D eigenvalue weighted by molar-refractivity contribution is 5.76. The van der Waals surface area contributed by atoms with E-state index in [1.807, 2.05) is 13.8 Å². The minimum Gasteiger partial charge on any atom is -0.370 e. The Morgan fingerprint density at radius 2 is 2.00 bits per heavy atom. The molecule has 0 aliphatic heterocycles. The SMILES string of the molecule is CC(C)C(N)CC(=O)NCCOCC(F)(F)F. The molecule has 0 fully saturated rings. The van der Waals surface area contributed by atoms with Gasteiger partial charge in [-0.25, -0.2) is 0 Å². The van der Waals surface area contributed by atoms with Gasteiger partial charge in [0.25, 0.3) is 0 Å². The van der Waals surface area contributed by atoms with Crippen molar-refractivity contribution < 1.29 is 22.7 Å². The van der Waals surface area contributed by atoms with E-state index in [1.165, 1.54) is 0 Å². The molecule has 102 valence electrons. The van der Waals surface area contributed by atoms with Crippen LogP contribution in [0.15, 0.2) is 0 Å². The first-order valence-electron chi connectivity index (χ1n) is 5.39. The minimum absolute atomic E-state index is 0.0553. The fourth-order valence-electron chi connectivity index (χ4n) is 0.972. The number of hydrogen-bond acceptors (Lipinski definition) is 3. The molecule has 0 aliphatic carbocycles. The summed E-state index contributed by atoms with van der Waals surface area (Å²) in [4.78, 5) is 11.2. The van der Waals surface area contributed by atoms with Gasteiger partial charge < -0.3 is 15.8 Å². The Morgan fingerprint density at radius 3 is 2.47 bits per heavy atom. The van der Waals surface area contributed by atoms with E-state index >= 15 is 0 Å². The fraction of sp³-hybridized carbons (Fsp3) is 0.900. The van der Waals surface area contributed by atoms with Crippen LogP contribution >= 0.6 is 0 Å². The number of ether oxygens (including phenoxy) is 1. The van der Waals surface area contributed by atoms with Gasteiger partial charge >= 0.3 is 6.18 Å². The van der Waals surface area contributed by atoms with E-state index in [4.69, 9.17) is 5.73 Å². The highest BCUT2D eigenvalue weighted by atomic mass is 19.4. The molecule has 0 rings (SSSR count). The lowest BCUT2D eigenvalue weighted by molar-refractivity contribution is -0.173. The highest BCUT2D eigenvalue weighted by Gasteiger charge is 2.27. The Bertz CT molecular complexity index is 232. The Hall–Kier alpha value is -0.820. The number of carbonyl (C=O) groups excluding carboxylic acids is 1. The molecule has 0 aliphatic rings. The van der Waals surface area contributed by atoms with Gasteiger partial charge in [-0.15, -0.1) is 0 Å². The highest BCUT2D eigenvalue weighted by Crippen LogP contribution is 2.13. The molecule has 1 unspecified atom stereocenters. The molecule has 0 aromatic rings. The van der Waals surface area contributed by atoms with Crippen LogP contribution in [0.4, 0.5) is 13.2 Å². The van der Waals surface area contributed by atoms with Crippen molar-refractivity contribution in [3.05, 3.63) is 0 Å². The Labute approximate surface area is 98.7 Å². The van der Waals surface area contributed by atoms with E-state index in [2.05, 4.69) is 10.1 Å². The number of amides is 1. The van der Waals surface area contributed by atoms with Crippen molar-refractivity contribution in [2.45, 2.75) is 32.5 Å². The van der Waals surface area contributed by atoms with Gasteiger partial charge in [0, 0.05) is 19.0 Å². The average Bonchev–Trinajstić information content (AvgIpc) is 2.15. The summed E-state index contributed by atoms with van der Waals surface area (Å²) in [5, 5.41) is 2.44. The van der Waals surface area contributed by atoms with E-state index in [0.29, 0.717) is 0 Å². The second-order valence-electron chi connectivity index (χ2n) is 4.13. The summed E-state index contributed by atoms with van der Waals surface area (Å²) in [6.07, 6.45) is -4.17. The average molecular weight is 256 g/mol. The molecule has 1 atom stereocenters. The molecule has 1 amide bonds. The molecular weight excluding hydrogens is 237 g/mol. The van der Waals surface area contributed by atoms with Crippen molar-refractivity contribution in [1.82, 2.24) is 5.32 Å². The largest absolute Gasteiger partial charge is 0.411 e. The quantitative estimate of drug-likeness (QED) is 0.669. The van der Waals surface area contributed by atoms with E-state index in [1.54, 1.807) is 0 Å². The van der Waals surface area contributed by atoms with Crippen molar-refractivity contribution in [3.63, 3.8) is 0 Å². The first-order chi connectivity index (χ1) is 7.72. The van der Waals surface area contributed by atoms with E-state index in [-0.39, 0.29) is 37.4 Å². The van der Waals surface area contributed by atoms with Crippen LogP contribution in [0.3, 0.4) is 0 Å². The first kappa shape index (κ1) is 16.2. The van der Waals surface area contributed by atoms with Crippen LogP contribution in [0.5, 0.6) is 0 Å². The van der Waals surface area contributed by atoms with Gasteiger partial charge in [0.1, 0.15) is 6.61 Å². The second kappa shape index (κ2) is 7.50. The lowest BCUT2D eigenvalue weighted by atomic mass is 10.0. The van der Waals surface area contributed by atoms with Gasteiger partial charge in [-0.05, 0) is 5.92 Å².